The van der Waals surface area contributed by atoms with Crippen molar-refractivity contribution < 1.29 is 18.0 Å². The van der Waals surface area contributed by atoms with Gasteiger partial charge >= 0.3 is 0 Å². The van der Waals surface area contributed by atoms with E-state index in [2.05, 4.69) is 15.8 Å². The largest absolute Gasteiger partial charge is 0.351 e. The highest BCUT2D eigenvalue weighted by molar-refractivity contribution is 7.89. The van der Waals surface area contributed by atoms with Gasteiger partial charge in [-0.2, -0.15) is 9.41 Å². The second-order valence-electron chi connectivity index (χ2n) is 6.72. The number of hydrogen-bond acceptors (Lipinski definition) is 5. The fourth-order valence-corrected chi connectivity index (χ4v) is 4.22. The summed E-state index contributed by atoms with van der Waals surface area (Å²) in [5, 5.41) is 6.56. The third kappa shape index (κ3) is 5.86. The Bertz CT molecular complexity index is 810. The summed E-state index contributed by atoms with van der Waals surface area (Å²) in [7, 11) is -3.54. The zero-order valence-corrected chi connectivity index (χ0v) is 16.7. The van der Waals surface area contributed by atoms with Crippen LogP contribution in [-0.2, 0) is 19.6 Å². The van der Waals surface area contributed by atoms with Gasteiger partial charge in [-0.3, -0.25) is 9.59 Å². The first kappa shape index (κ1) is 21.0. The van der Waals surface area contributed by atoms with E-state index in [0.717, 1.165) is 5.56 Å². The maximum absolute atomic E-state index is 12.7. The number of benzene rings is 1. The van der Waals surface area contributed by atoms with Crippen molar-refractivity contribution in [3.05, 3.63) is 29.8 Å². The van der Waals surface area contributed by atoms with Crippen molar-refractivity contribution in [2.45, 2.75) is 38.5 Å². The molecule has 1 aliphatic heterocycles. The van der Waals surface area contributed by atoms with Crippen molar-refractivity contribution in [1.29, 1.82) is 0 Å². The fourth-order valence-electron chi connectivity index (χ4n) is 2.75. The third-order valence-corrected chi connectivity index (χ3v) is 6.35. The molecular weight excluding hydrogens is 368 g/mol. The molecule has 0 spiro atoms. The normalized spacial score (nSPS) is 16.8. The molecule has 1 aromatic carbocycles. The highest BCUT2D eigenvalue weighted by atomic mass is 32.2. The fraction of sp³-hybridized carbons (Fsp3) is 0.500. The lowest BCUT2D eigenvalue weighted by Gasteiger charge is -2.30. The molecule has 1 aliphatic rings. The molecule has 0 saturated carbocycles. The van der Waals surface area contributed by atoms with Gasteiger partial charge in [0.15, 0.2) is 0 Å². The van der Waals surface area contributed by atoms with Crippen LogP contribution in [0.15, 0.2) is 34.3 Å². The summed E-state index contributed by atoms with van der Waals surface area (Å²) in [4.78, 5) is 23.4. The summed E-state index contributed by atoms with van der Waals surface area (Å²) >= 11 is 0. The van der Waals surface area contributed by atoms with Crippen LogP contribution in [0.4, 0.5) is 0 Å². The minimum Gasteiger partial charge on any atom is -0.351 e. The lowest BCUT2D eigenvalue weighted by molar-refractivity contribution is -0.126. The first-order valence-corrected chi connectivity index (χ1v) is 10.3. The number of carbonyl (C=O) groups is 2. The van der Waals surface area contributed by atoms with Crippen molar-refractivity contribution >= 4 is 27.5 Å². The van der Waals surface area contributed by atoms with E-state index in [1.807, 2.05) is 6.92 Å². The van der Waals surface area contributed by atoms with Crippen molar-refractivity contribution in [3.8, 4) is 0 Å². The first-order chi connectivity index (χ1) is 12.7. The number of nitrogens with zero attached hydrogens (tertiary/aromatic N) is 2. The van der Waals surface area contributed by atoms with Gasteiger partial charge in [0, 0.05) is 25.9 Å². The Morgan fingerprint density at radius 1 is 1.15 bits per heavy atom. The van der Waals surface area contributed by atoms with Gasteiger partial charge < -0.3 is 5.32 Å². The molecule has 0 radical (unpaired) electrons. The molecule has 1 fully saturated rings. The maximum Gasteiger partial charge on any atom is 0.243 e. The summed E-state index contributed by atoms with van der Waals surface area (Å²) in [6.45, 7) is 5.87. The lowest BCUT2D eigenvalue weighted by atomic mass is 9.98. The number of sulfonamides is 1. The number of nitrogens with one attached hydrogen (secondary N) is 2. The molecule has 8 nitrogen and oxygen atoms in total. The molecule has 148 valence electrons. The molecule has 0 aliphatic carbocycles. The first-order valence-electron chi connectivity index (χ1n) is 8.84. The van der Waals surface area contributed by atoms with Crippen molar-refractivity contribution in [2.24, 2.45) is 11.0 Å². The van der Waals surface area contributed by atoms with E-state index >= 15 is 0 Å². The van der Waals surface area contributed by atoms with Crippen LogP contribution in [0, 0.1) is 12.8 Å². The van der Waals surface area contributed by atoms with Crippen LogP contribution in [0.2, 0.25) is 0 Å². The molecule has 1 heterocycles. The smallest absolute Gasteiger partial charge is 0.243 e. The quantitative estimate of drug-likeness (QED) is 0.555. The lowest BCUT2D eigenvalue weighted by Crippen LogP contribution is -2.42. The molecule has 9 heteroatoms. The second kappa shape index (κ2) is 9.09. The van der Waals surface area contributed by atoms with Gasteiger partial charge in [0.1, 0.15) is 0 Å². The summed E-state index contributed by atoms with van der Waals surface area (Å²) in [5.41, 5.74) is 4.08. The molecule has 0 unspecified atom stereocenters. The average Bonchev–Trinajstić information content (AvgIpc) is 2.64. The zero-order valence-electron chi connectivity index (χ0n) is 15.9. The van der Waals surface area contributed by atoms with E-state index < -0.39 is 10.0 Å². The van der Waals surface area contributed by atoms with E-state index in [1.165, 1.54) is 11.2 Å². The Kier molecular flexibility index (Phi) is 7.09. The van der Waals surface area contributed by atoms with Gasteiger partial charge in [-0.1, -0.05) is 17.7 Å². The SMILES string of the molecule is CC(=O)NCC(C)=NNC(=O)C1CCN(S(=O)(=O)c2ccc(C)cc2)CC1. The van der Waals surface area contributed by atoms with E-state index in [9.17, 15) is 18.0 Å². The zero-order chi connectivity index (χ0) is 20.0. The number of amides is 2. The summed E-state index contributed by atoms with van der Waals surface area (Å²) in [5.74, 6) is -0.686. The molecular formula is C18H26N4O4S. The Morgan fingerprint density at radius 3 is 2.30 bits per heavy atom. The van der Waals surface area contributed by atoms with Crippen LogP contribution in [0.25, 0.3) is 0 Å². The van der Waals surface area contributed by atoms with Gasteiger partial charge in [0.2, 0.25) is 21.8 Å². The van der Waals surface area contributed by atoms with Crippen LogP contribution >= 0.6 is 0 Å². The van der Waals surface area contributed by atoms with E-state index in [-0.39, 0.29) is 29.2 Å². The van der Waals surface area contributed by atoms with Crippen molar-refractivity contribution in [2.75, 3.05) is 19.6 Å². The van der Waals surface area contributed by atoms with Crippen molar-refractivity contribution in [1.82, 2.24) is 15.0 Å². The van der Waals surface area contributed by atoms with Crippen molar-refractivity contribution in [3.63, 3.8) is 0 Å². The third-order valence-electron chi connectivity index (χ3n) is 4.43. The molecule has 1 saturated heterocycles. The summed E-state index contributed by atoms with van der Waals surface area (Å²) in [6, 6.07) is 6.76. The molecule has 27 heavy (non-hydrogen) atoms. The average molecular weight is 394 g/mol. The standard InChI is InChI=1S/C18H26N4O4S/c1-13-4-6-17(7-5-13)27(25,26)22-10-8-16(9-11-22)18(24)21-20-14(2)12-19-15(3)23/h4-7,16H,8-12H2,1-3H3,(H,19,23)(H,21,24). The topological polar surface area (TPSA) is 108 Å². The number of aryl methyl sites for hydroxylation is 1. The van der Waals surface area contributed by atoms with E-state index in [0.29, 0.717) is 31.6 Å². The Morgan fingerprint density at radius 2 is 1.74 bits per heavy atom. The molecule has 2 N–H and O–H groups in total. The molecule has 0 atom stereocenters. The number of rotatable bonds is 6. The van der Waals surface area contributed by atoms with Gasteiger partial charge in [0.05, 0.1) is 17.2 Å². The van der Waals surface area contributed by atoms with Gasteiger partial charge in [-0.25, -0.2) is 13.8 Å². The van der Waals surface area contributed by atoms with Gasteiger partial charge in [-0.05, 0) is 38.8 Å². The number of hydrogen-bond donors (Lipinski definition) is 2. The van der Waals surface area contributed by atoms with E-state index in [1.54, 1.807) is 31.2 Å². The predicted octanol–water partition coefficient (Wildman–Crippen LogP) is 1.02. The van der Waals surface area contributed by atoms with Gasteiger partial charge in [-0.15, -0.1) is 0 Å². The molecule has 0 aromatic heterocycles. The predicted molar refractivity (Wildman–Crippen MR) is 103 cm³/mol. The minimum atomic E-state index is -3.54. The Labute approximate surface area is 160 Å². The Balaban J connectivity index is 1.89. The summed E-state index contributed by atoms with van der Waals surface area (Å²) in [6.07, 6.45) is 0.883. The highest BCUT2D eigenvalue weighted by Gasteiger charge is 2.32. The molecule has 2 rings (SSSR count). The second-order valence-corrected chi connectivity index (χ2v) is 8.66. The van der Waals surface area contributed by atoms with Crippen LogP contribution in [0.3, 0.4) is 0 Å². The Hall–Kier alpha value is -2.26. The van der Waals surface area contributed by atoms with Crippen LogP contribution < -0.4 is 10.7 Å². The monoisotopic (exact) mass is 394 g/mol. The molecule has 2 amide bonds. The number of piperidine rings is 1. The molecule has 1 aromatic rings. The number of carbonyl (C=O) groups excluding carboxylic acids is 2. The van der Waals surface area contributed by atoms with Crippen LogP contribution in [-0.4, -0.2) is 49.9 Å². The van der Waals surface area contributed by atoms with Crippen LogP contribution in [0.1, 0.15) is 32.3 Å². The maximum atomic E-state index is 12.7. The minimum absolute atomic E-state index is 0.168. The molecule has 0 bridgehead atoms. The van der Waals surface area contributed by atoms with Gasteiger partial charge in [0.25, 0.3) is 0 Å². The van der Waals surface area contributed by atoms with E-state index in [4.69, 9.17) is 0 Å². The number of hydrazone groups is 1. The van der Waals surface area contributed by atoms with Crippen LogP contribution in [0.5, 0.6) is 0 Å². The summed E-state index contributed by atoms with van der Waals surface area (Å²) < 4.78 is 26.8. The highest BCUT2D eigenvalue weighted by Crippen LogP contribution is 2.24.